The van der Waals surface area contributed by atoms with Crippen LogP contribution in [0.2, 0.25) is 0 Å². The van der Waals surface area contributed by atoms with E-state index in [-0.39, 0.29) is 12.0 Å². The smallest absolute Gasteiger partial charge is 0.259 e. The molecule has 1 fully saturated rings. The van der Waals surface area contributed by atoms with Crippen molar-refractivity contribution in [3.8, 4) is 5.88 Å². The minimum absolute atomic E-state index is 0.218. The maximum atomic E-state index is 12.2. The van der Waals surface area contributed by atoms with Gasteiger partial charge in [-0.25, -0.2) is 15.0 Å². The van der Waals surface area contributed by atoms with Crippen LogP contribution in [0.4, 0.5) is 5.95 Å². The van der Waals surface area contributed by atoms with E-state index >= 15 is 0 Å². The van der Waals surface area contributed by atoms with E-state index in [0.717, 1.165) is 29.3 Å². The third-order valence-electron chi connectivity index (χ3n) is 3.38. The molecule has 1 amide bonds. The molecule has 1 saturated heterocycles. The largest absolute Gasteiger partial charge is 0.473 e. The van der Waals surface area contributed by atoms with Crippen LogP contribution in [0.15, 0.2) is 24.4 Å². The first kappa shape index (κ1) is 15.7. The summed E-state index contributed by atoms with van der Waals surface area (Å²) in [6.45, 7) is 3.72. The summed E-state index contributed by atoms with van der Waals surface area (Å²) < 4.78 is 5.77. The second kappa shape index (κ2) is 6.95. The molecule has 1 aliphatic heterocycles. The second-order valence-electron chi connectivity index (χ2n) is 5.42. The number of hydrogen-bond donors (Lipinski definition) is 1. The van der Waals surface area contributed by atoms with E-state index in [1.807, 2.05) is 31.7 Å². The van der Waals surface area contributed by atoms with E-state index in [1.165, 1.54) is 6.20 Å². The Kier molecular flexibility index (Phi) is 4.76. The van der Waals surface area contributed by atoms with Gasteiger partial charge >= 0.3 is 0 Å². The number of carbonyl (C=O) groups is 1. The van der Waals surface area contributed by atoms with Gasteiger partial charge in [-0.2, -0.15) is 11.8 Å². The first-order chi connectivity index (χ1) is 11.1. The van der Waals surface area contributed by atoms with E-state index in [2.05, 4.69) is 20.3 Å². The lowest BCUT2D eigenvalue weighted by Crippen LogP contribution is -2.17. The van der Waals surface area contributed by atoms with Crippen LogP contribution in [0.25, 0.3) is 0 Å². The molecule has 0 unspecified atom stereocenters. The summed E-state index contributed by atoms with van der Waals surface area (Å²) in [5, 5.41) is 2.69. The molecular weight excluding hydrogens is 312 g/mol. The number of nitrogens with zero attached hydrogens (tertiary/aromatic N) is 3. The highest BCUT2D eigenvalue weighted by Crippen LogP contribution is 2.22. The fourth-order valence-electron chi connectivity index (χ4n) is 2.32. The summed E-state index contributed by atoms with van der Waals surface area (Å²) >= 11 is 1.88. The van der Waals surface area contributed by atoms with Gasteiger partial charge in [0.1, 0.15) is 6.10 Å². The maximum absolute atomic E-state index is 12.2. The molecule has 1 aliphatic rings. The van der Waals surface area contributed by atoms with Gasteiger partial charge in [-0.1, -0.05) is 0 Å². The van der Waals surface area contributed by atoms with E-state index in [1.54, 1.807) is 12.1 Å². The van der Waals surface area contributed by atoms with Crippen LogP contribution in [-0.4, -0.2) is 38.5 Å². The average Bonchev–Trinajstić information content (AvgIpc) is 3.00. The summed E-state index contributed by atoms with van der Waals surface area (Å²) in [7, 11) is 0. The number of ether oxygens (including phenoxy) is 1. The van der Waals surface area contributed by atoms with Crippen LogP contribution in [0, 0.1) is 13.8 Å². The second-order valence-corrected chi connectivity index (χ2v) is 6.57. The van der Waals surface area contributed by atoms with E-state index in [0.29, 0.717) is 17.4 Å². The molecule has 0 bridgehead atoms. The number of nitrogens with one attached hydrogen (secondary N) is 1. The van der Waals surface area contributed by atoms with E-state index in [9.17, 15) is 4.79 Å². The van der Waals surface area contributed by atoms with Crippen LogP contribution in [0.3, 0.4) is 0 Å². The van der Waals surface area contributed by atoms with Gasteiger partial charge < -0.3 is 4.74 Å². The molecule has 6 nitrogen and oxygen atoms in total. The molecule has 0 aliphatic carbocycles. The number of carbonyl (C=O) groups excluding carboxylic acids is 1. The lowest BCUT2D eigenvalue weighted by atomic mass is 10.2. The molecule has 1 atom stereocenters. The molecule has 0 aromatic carbocycles. The summed E-state index contributed by atoms with van der Waals surface area (Å²) in [6, 6.07) is 5.27. The molecular formula is C16H18N4O2S. The fraction of sp³-hybridized carbons (Fsp3) is 0.375. The fourth-order valence-corrected chi connectivity index (χ4v) is 3.41. The van der Waals surface area contributed by atoms with Gasteiger partial charge in [-0.3, -0.25) is 10.1 Å². The Morgan fingerprint density at radius 2 is 2.09 bits per heavy atom. The number of anilines is 1. The summed E-state index contributed by atoms with van der Waals surface area (Å²) in [5.74, 6) is 2.69. The van der Waals surface area contributed by atoms with Crippen molar-refractivity contribution in [2.75, 3.05) is 16.8 Å². The van der Waals surface area contributed by atoms with Crippen molar-refractivity contribution in [2.24, 2.45) is 0 Å². The Morgan fingerprint density at radius 3 is 2.70 bits per heavy atom. The standard InChI is InChI=1S/C16H18N4O2S/c1-10-7-11(2)19-16(18-10)20-15(21)12-3-4-14(17-8-12)22-13-5-6-23-9-13/h3-4,7-8,13H,5-6,9H2,1-2H3,(H,18,19,20,21)/t13-/m0/s1. The summed E-state index contributed by atoms with van der Waals surface area (Å²) in [6.07, 6.45) is 2.77. The Morgan fingerprint density at radius 1 is 1.30 bits per heavy atom. The van der Waals surface area contributed by atoms with E-state index < -0.39 is 0 Å². The van der Waals surface area contributed by atoms with Crippen LogP contribution in [-0.2, 0) is 0 Å². The van der Waals surface area contributed by atoms with Crippen LogP contribution in [0.1, 0.15) is 28.2 Å². The van der Waals surface area contributed by atoms with Crippen molar-refractivity contribution < 1.29 is 9.53 Å². The predicted molar refractivity (Wildman–Crippen MR) is 90.1 cm³/mol. The molecule has 23 heavy (non-hydrogen) atoms. The number of hydrogen-bond acceptors (Lipinski definition) is 6. The zero-order valence-electron chi connectivity index (χ0n) is 13.1. The van der Waals surface area contributed by atoms with Gasteiger partial charge in [0.25, 0.3) is 5.91 Å². The van der Waals surface area contributed by atoms with Crippen LogP contribution < -0.4 is 10.1 Å². The normalized spacial score (nSPS) is 17.0. The number of rotatable bonds is 4. The van der Waals surface area contributed by atoms with Crippen molar-refractivity contribution in [1.82, 2.24) is 15.0 Å². The number of aromatic nitrogens is 3. The van der Waals surface area contributed by atoms with Crippen LogP contribution >= 0.6 is 11.8 Å². The minimum atomic E-state index is -0.287. The molecule has 7 heteroatoms. The molecule has 2 aromatic heterocycles. The quantitative estimate of drug-likeness (QED) is 0.928. The predicted octanol–water partition coefficient (Wildman–Crippen LogP) is 2.63. The van der Waals surface area contributed by atoms with Gasteiger partial charge in [-0.15, -0.1) is 0 Å². The van der Waals surface area contributed by atoms with Gasteiger partial charge in [0.2, 0.25) is 11.8 Å². The Balaban J connectivity index is 1.65. The molecule has 120 valence electrons. The maximum Gasteiger partial charge on any atom is 0.259 e. The van der Waals surface area contributed by atoms with Gasteiger partial charge in [0.05, 0.1) is 5.56 Å². The third-order valence-corrected chi connectivity index (χ3v) is 4.51. The highest BCUT2D eigenvalue weighted by atomic mass is 32.2. The molecule has 3 heterocycles. The van der Waals surface area contributed by atoms with Gasteiger partial charge in [0.15, 0.2) is 0 Å². The SMILES string of the molecule is Cc1cc(C)nc(NC(=O)c2ccc(O[C@H]3CCSC3)nc2)n1. The monoisotopic (exact) mass is 330 g/mol. The van der Waals surface area contributed by atoms with Crippen molar-refractivity contribution in [2.45, 2.75) is 26.4 Å². The molecule has 0 spiro atoms. The number of aryl methyl sites for hydroxylation is 2. The zero-order valence-corrected chi connectivity index (χ0v) is 13.9. The first-order valence-corrected chi connectivity index (χ1v) is 8.60. The van der Waals surface area contributed by atoms with Crippen molar-refractivity contribution in [3.05, 3.63) is 41.3 Å². The summed E-state index contributed by atoms with van der Waals surface area (Å²) in [5.41, 5.74) is 2.06. The Bertz CT molecular complexity index is 679. The van der Waals surface area contributed by atoms with Crippen molar-refractivity contribution >= 4 is 23.6 Å². The molecule has 2 aromatic rings. The highest BCUT2D eigenvalue weighted by Gasteiger charge is 2.17. The topological polar surface area (TPSA) is 77.0 Å². The minimum Gasteiger partial charge on any atom is -0.473 e. The lowest BCUT2D eigenvalue weighted by Gasteiger charge is -2.11. The number of pyridine rings is 1. The summed E-state index contributed by atoms with van der Waals surface area (Å²) in [4.78, 5) is 24.8. The van der Waals surface area contributed by atoms with Gasteiger partial charge in [-0.05, 0) is 38.2 Å². The van der Waals surface area contributed by atoms with Gasteiger partial charge in [0, 0.05) is 29.4 Å². The average molecular weight is 330 g/mol. The lowest BCUT2D eigenvalue weighted by molar-refractivity contribution is 0.102. The Hall–Kier alpha value is -2.15. The molecule has 0 saturated carbocycles. The molecule has 1 N–H and O–H groups in total. The zero-order chi connectivity index (χ0) is 16.2. The van der Waals surface area contributed by atoms with Crippen molar-refractivity contribution in [1.29, 1.82) is 0 Å². The van der Waals surface area contributed by atoms with Crippen molar-refractivity contribution in [3.63, 3.8) is 0 Å². The first-order valence-electron chi connectivity index (χ1n) is 7.44. The molecule has 3 rings (SSSR count). The number of amides is 1. The van der Waals surface area contributed by atoms with E-state index in [4.69, 9.17) is 4.74 Å². The highest BCUT2D eigenvalue weighted by molar-refractivity contribution is 7.99. The Labute approximate surface area is 139 Å². The number of thioether (sulfide) groups is 1. The third kappa shape index (κ3) is 4.19. The van der Waals surface area contributed by atoms with Crippen LogP contribution in [0.5, 0.6) is 5.88 Å². The molecule has 0 radical (unpaired) electrons.